The average molecular weight is 456 g/mol. The van der Waals surface area contributed by atoms with Gasteiger partial charge in [-0.2, -0.15) is 0 Å². The van der Waals surface area contributed by atoms with Crippen molar-refractivity contribution in [1.29, 1.82) is 0 Å². The third-order valence-corrected chi connectivity index (χ3v) is 7.74. The molecule has 0 radical (unpaired) electrons. The van der Waals surface area contributed by atoms with Gasteiger partial charge in [-0.25, -0.2) is 0 Å². The molecule has 0 heterocycles. The summed E-state index contributed by atoms with van der Waals surface area (Å²) < 4.78 is 0. The normalized spacial score (nSPS) is 18.1. The van der Waals surface area contributed by atoms with E-state index in [0.717, 1.165) is 36.8 Å². The Morgan fingerprint density at radius 2 is 1.00 bits per heavy atom. The van der Waals surface area contributed by atoms with E-state index >= 15 is 0 Å². The first-order valence-electron chi connectivity index (χ1n) is 9.99. The van der Waals surface area contributed by atoms with Gasteiger partial charge in [0.05, 0.1) is 10.0 Å². The first-order valence-corrected chi connectivity index (χ1v) is 11.5. The van der Waals surface area contributed by atoms with E-state index in [4.69, 9.17) is 46.4 Å². The fourth-order valence-electron chi connectivity index (χ4n) is 4.81. The van der Waals surface area contributed by atoms with Gasteiger partial charge < -0.3 is 0 Å². The Morgan fingerprint density at radius 3 is 1.36 bits per heavy atom. The molecule has 0 N–H and O–H groups in total. The quantitative estimate of drug-likeness (QED) is 0.420. The second-order valence-electron chi connectivity index (χ2n) is 7.94. The van der Waals surface area contributed by atoms with Crippen molar-refractivity contribution >= 4 is 52.2 Å². The first-order chi connectivity index (χ1) is 13.5. The molecule has 2 aromatic rings. The number of halogens is 4. The molecule has 2 aliphatic rings. The molecule has 2 saturated carbocycles. The maximum absolute atomic E-state index is 13.4. The SMILES string of the molecule is O=C(c1ccc(Cl)c(C2CCCC2)c1Cl)c1ccc(Cl)c(C2CCCC2)c1Cl. The molecule has 0 atom stereocenters. The second kappa shape index (κ2) is 8.56. The minimum absolute atomic E-state index is 0.165. The molecule has 4 rings (SSSR count). The van der Waals surface area contributed by atoms with Gasteiger partial charge in [-0.3, -0.25) is 4.79 Å². The lowest BCUT2D eigenvalue weighted by Crippen LogP contribution is -2.08. The van der Waals surface area contributed by atoms with E-state index in [2.05, 4.69) is 0 Å². The summed E-state index contributed by atoms with van der Waals surface area (Å²) in [6.45, 7) is 0. The predicted octanol–water partition coefficient (Wildman–Crippen LogP) is 8.85. The van der Waals surface area contributed by atoms with Crippen molar-refractivity contribution < 1.29 is 4.79 Å². The number of hydrogen-bond acceptors (Lipinski definition) is 1. The molecule has 28 heavy (non-hydrogen) atoms. The van der Waals surface area contributed by atoms with E-state index in [1.54, 1.807) is 24.3 Å². The van der Waals surface area contributed by atoms with Gasteiger partial charge in [0.1, 0.15) is 0 Å². The highest BCUT2D eigenvalue weighted by molar-refractivity contribution is 6.41. The molecule has 2 aliphatic carbocycles. The van der Waals surface area contributed by atoms with Crippen LogP contribution in [0.4, 0.5) is 0 Å². The van der Waals surface area contributed by atoms with Gasteiger partial charge in [0, 0.05) is 21.2 Å². The number of ketones is 1. The molecule has 0 amide bonds. The molecule has 0 aromatic heterocycles. The van der Waals surface area contributed by atoms with Gasteiger partial charge in [0.25, 0.3) is 0 Å². The zero-order valence-electron chi connectivity index (χ0n) is 15.5. The van der Waals surface area contributed by atoms with E-state index in [1.807, 2.05) is 0 Å². The third-order valence-electron chi connectivity index (χ3n) is 6.27. The average Bonchev–Trinajstić information content (AvgIpc) is 3.36. The molecule has 148 valence electrons. The minimum Gasteiger partial charge on any atom is -0.288 e. The summed E-state index contributed by atoms with van der Waals surface area (Å²) in [6, 6.07) is 7.00. The lowest BCUT2D eigenvalue weighted by Gasteiger charge is -2.19. The van der Waals surface area contributed by atoms with Crippen molar-refractivity contribution in [2.24, 2.45) is 0 Å². The van der Waals surface area contributed by atoms with Crippen LogP contribution in [0.2, 0.25) is 20.1 Å². The van der Waals surface area contributed by atoms with Crippen molar-refractivity contribution in [3.8, 4) is 0 Å². The smallest absolute Gasteiger partial charge is 0.196 e. The Labute approximate surface area is 186 Å². The van der Waals surface area contributed by atoms with Crippen LogP contribution in [0.15, 0.2) is 24.3 Å². The monoisotopic (exact) mass is 454 g/mol. The lowest BCUT2D eigenvalue weighted by molar-refractivity contribution is 0.103. The van der Waals surface area contributed by atoms with E-state index in [1.165, 1.54) is 25.7 Å². The van der Waals surface area contributed by atoms with Crippen LogP contribution in [0.3, 0.4) is 0 Å². The summed E-state index contributed by atoms with van der Waals surface area (Å²) in [5.41, 5.74) is 2.75. The predicted molar refractivity (Wildman–Crippen MR) is 119 cm³/mol. The Balaban J connectivity index is 1.76. The third kappa shape index (κ3) is 3.72. The highest BCUT2D eigenvalue weighted by atomic mass is 35.5. The Hall–Kier alpha value is -0.730. The zero-order chi connectivity index (χ0) is 19.8. The van der Waals surface area contributed by atoms with Crippen LogP contribution in [-0.4, -0.2) is 5.78 Å². The van der Waals surface area contributed by atoms with Crippen LogP contribution >= 0.6 is 46.4 Å². The topological polar surface area (TPSA) is 17.1 Å². The van der Waals surface area contributed by atoms with Crippen molar-refractivity contribution in [3.63, 3.8) is 0 Å². The van der Waals surface area contributed by atoms with E-state index in [0.29, 0.717) is 43.1 Å². The summed E-state index contributed by atoms with van der Waals surface area (Å²) >= 11 is 26.3. The van der Waals surface area contributed by atoms with Crippen LogP contribution in [0.5, 0.6) is 0 Å². The molecule has 1 nitrogen and oxygen atoms in total. The fraction of sp³-hybridized carbons (Fsp3) is 0.435. The number of carbonyl (C=O) groups excluding carboxylic acids is 1. The van der Waals surface area contributed by atoms with Gasteiger partial charge in [0.2, 0.25) is 0 Å². The van der Waals surface area contributed by atoms with E-state index < -0.39 is 0 Å². The maximum atomic E-state index is 13.4. The zero-order valence-corrected chi connectivity index (χ0v) is 18.6. The lowest BCUT2D eigenvalue weighted by atomic mass is 9.91. The molecule has 2 aromatic carbocycles. The molecule has 0 unspecified atom stereocenters. The summed E-state index contributed by atoms with van der Waals surface area (Å²) in [6.07, 6.45) is 8.92. The Morgan fingerprint density at radius 1 is 0.643 bits per heavy atom. The summed E-state index contributed by atoms with van der Waals surface area (Å²) in [4.78, 5) is 13.4. The van der Waals surface area contributed by atoms with Crippen LogP contribution in [0.25, 0.3) is 0 Å². The standard InChI is InChI=1S/C23H22Cl4O/c24-17-11-9-15(21(26)19(17)13-5-1-2-6-13)23(28)16-10-12-18(25)20(22(16)27)14-7-3-4-8-14/h9-14H,1-8H2. The summed E-state index contributed by atoms with van der Waals surface area (Å²) in [5.74, 6) is 0.479. The molecule has 0 aliphatic heterocycles. The molecule has 5 heteroatoms. The highest BCUT2D eigenvalue weighted by Crippen LogP contribution is 2.45. The second-order valence-corrected chi connectivity index (χ2v) is 9.51. The summed E-state index contributed by atoms with van der Waals surface area (Å²) in [7, 11) is 0. The van der Waals surface area contributed by atoms with Crippen LogP contribution in [0, 0.1) is 0 Å². The molecular formula is C23H22Cl4O. The molecular weight excluding hydrogens is 434 g/mol. The number of rotatable bonds is 4. The highest BCUT2D eigenvalue weighted by Gasteiger charge is 2.29. The van der Waals surface area contributed by atoms with Gasteiger partial charge >= 0.3 is 0 Å². The maximum Gasteiger partial charge on any atom is 0.196 e. The molecule has 0 spiro atoms. The molecule has 2 fully saturated rings. The van der Waals surface area contributed by atoms with E-state index in [-0.39, 0.29) is 5.78 Å². The van der Waals surface area contributed by atoms with Crippen LogP contribution in [0.1, 0.15) is 90.3 Å². The Bertz CT molecular complexity index is 836. The largest absolute Gasteiger partial charge is 0.288 e. The van der Waals surface area contributed by atoms with Crippen molar-refractivity contribution in [1.82, 2.24) is 0 Å². The minimum atomic E-state index is -0.165. The number of carbonyl (C=O) groups is 1. The van der Waals surface area contributed by atoms with Crippen LogP contribution in [-0.2, 0) is 0 Å². The van der Waals surface area contributed by atoms with Gasteiger partial charge in [-0.15, -0.1) is 0 Å². The van der Waals surface area contributed by atoms with Crippen molar-refractivity contribution in [3.05, 3.63) is 66.6 Å². The van der Waals surface area contributed by atoms with Gasteiger partial charge in [0.15, 0.2) is 5.78 Å². The van der Waals surface area contributed by atoms with Crippen molar-refractivity contribution in [2.75, 3.05) is 0 Å². The summed E-state index contributed by atoms with van der Waals surface area (Å²) in [5, 5.41) is 2.22. The Kier molecular flexibility index (Phi) is 6.28. The molecule has 0 bridgehead atoms. The van der Waals surface area contributed by atoms with Crippen LogP contribution < -0.4 is 0 Å². The number of benzene rings is 2. The van der Waals surface area contributed by atoms with Gasteiger partial charge in [-0.05, 0) is 72.9 Å². The first kappa shape index (κ1) is 20.5. The fourth-order valence-corrected chi connectivity index (χ4v) is 6.34. The number of hydrogen-bond donors (Lipinski definition) is 0. The molecule has 0 saturated heterocycles. The van der Waals surface area contributed by atoms with E-state index in [9.17, 15) is 4.79 Å². The van der Waals surface area contributed by atoms with Gasteiger partial charge in [-0.1, -0.05) is 72.1 Å². The van der Waals surface area contributed by atoms with Crippen molar-refractivity contribution in [2.45, 2.75) is 63.2 Å².